The highest BCUT2D eigenvalue weighted by atomic mass is 32.2. The molecule has 33 heavy (non-hydrogen) atoms. The van der Waals surface area contributed by atoms with Crippen LogP contribution in [-0.2, 0) is 14.8 Å². The highest BCUT2D eigenvalue weighted by Gasteiger charge is 2.51. The van der Waals surface area contributed by atoms with Crippen LogP contribution in [0, 0.1) is 5.92 Å². The lowest BCUT2D eigenvalue weighted by Gasteiger charge is -2.35. The summed E-state index contributed by atoms with van der Waals surface area (Å²) in [5.41, 5.74) is 1.14. The summed E-state index contributed by atoms with van der Waals surface area (Å²) in [7, 11) is -3.90. The van der Waals surface area contributed by atoms with Gasteiger partial charge < -0.3 is 4.74 Å². The molecule has 0 spiro atoms. The van der Waals surface area contributed by atoms with Crippen LogP contribution < -0.4 is 0 Å². The summed E-state index contributed by atoms with van der Waals surface area (Å²) in [6.07, 6.45) is 3.85. The van der Waals surface area contributed by atoms with Gasteiger partial charge in [-0.1, -0.05) is 69.3 Å². The Labute approximate surface area is 197 Å². The fourth-order valence-electron chi connectivity index (χ4n) is 4.43. The van der Waals surface area contributed by atoms with Crippen LogP contribution in [0.4, 0.5) is 0 Å². The second-order valence-electron chi connectivity index (χ2n) is 9.27. The zero-order valence-electron chi connectivity index (χ0n) is 19.8. The molecule has 176 valence electrons. The molecule has 0 amide bonds. The molecular formula is C26H33N3O3S. The number of benzene rings is 2. The SMILES string of the molecule is CCC1COC(C)(CCC(C)C)N1S(=O)(=O)c1cn(-c2ccccc2)nc1-c1ccccc1. The van der Waals surface area contributed by atoms with Gasteiger partial charge in [0.1, 0.15) is 16.3 Å². The summed E-state index contributed by atoms with van der Waals surface area (Å²) in [6.45, 7) is 8.61. The summed E-state index contributed by atoms with van der Waals surface area (Å²) in [4.78, 5) is 0.206. The van der Waals surface area contributed by atoms with E-state index in [1.165, 1.54) is 0 Å². The van der Waals surface area contributed by atoms with Gasteiger partial charge in [-0.25, -0.2) is 13.1 Å². The molecule has 0 bridgehead atoms. The van der Waals surface area contributed by atoms with Gasteiger partial charge in [0.2, 0.25) is 10.0 Å². The molecule has 4 rings (SSSR count). The molecule has 2 unspecified atom stereocenters. The molecule has 0 radical (unpaired) electrons. The number of hydrogen-bond acceptors (Lipinski definition) is 4. The van der Waals surface area contributed by atoms with E-state index in [0.717, 1.165) is 17.7 Å². The van der Waals surface area contributed by atoms with Crippen LogP contribution in [0.5, 0.6) is 0 Å². The first-order chi connectivity index (χ1) is 15.8. The Balaban J connectivity index is 1.86. The van der Waals surface area contributed by atoms with Crippen LogP contribution in [0.3, 0.4) is 0 Å². The minimum Gasteiger partial charge on any atom is -0.358 e. The highest BCUT2D eigenvalue weighted by molar-refractivity contribution is 7.89. The van der Waals surface area contributed by atoms with E-state index in [1.54, 1.807) is 15.2 Å². The van der Waals surface area contributed by atoms with Crippen LogP contribution in [0.25, 0.3) is 16.9 Å². The van der Waals surface area contributed by atoms with Crippen molar-refractivity contribution in [3.8, 4) is 16.9 Å². The first-order valence-corrected chi connectivity index (χ1v) is 13.1. The number of rotatable bonds is 8. The second-order valence-corrected chi connectivity index (χ2v) is 11.1. The summed E-state index contributed by atoms with van der Waals surface area (Å²) >= 11 is 0. The number of sulfonamides is 1. The van der Waals surface area contributed by atoms with Crippen molar-refractivity contribution >= 4 is 10.0 Å². The molecule has 1 saturated heterocycles. The van der Waals surface area contributed by atoms with Gasteiger partial charge in [-0.05, 0) is 44.2 Å². The Bertz CT molecular complexity index is 1180. The van der Waals surface area contributed by atoms with E-state index in [9.17, 15) is 8.42 Å². The maximum atomic E-state index is 14.3. The predicted molar refractivity (Wildman–Crippen MR) is 131 cm³/mol. The van der Waals surface area contributed by atoms with E-state index < -0.39 is 15.7 Å². The Kier molecular flexibility index (Phi) is 6.75. The van der Waals surface area contributed by atoms with Gasteiger partial charge in [-0.2, -0.15) is 9.40 Å². The Morgan fingerprint density at radius 3 is 2.33 bits per heavy atom. The largest absolute Gasteiger partial charge is 0.358 e. The number of nitrogens with zero attached hydrogens (tertiary/aromatic N) is 3. The van der Waals surface area contributed by atoms with Gasteiger partial charge in [0.15, 0.2) is 0 Å². The molecule has 6 nitrogen and oxygen atoms in total. The minimum atomic E-state index is -3.90. The van der Waals surface area contributed by atoms with Crippen LogP contribution in [0.1, 0.15) is 47.0 Å². The van der Waals surface area contributed by atoms with E-state index in [4.69, 9.17) is 9.84 Å². The Hall–Kier alpha value is -2.48. The van der Waals surface area contributed by atoms with Gasteiger partial charge in [0.25, 0.3) is 0 Å². The third-order valence-electron chi connectivity index (χ3n) is 6.33. The summed E-state index contributed by atoms with van der Waals surface area (Å²) in [5, 5.41) is 4.73. The van der Waals surface area contributed by atoms with Gasteiger partial charge in [-0.3, -0.25) is 0 Å². The van der Waals surface area contributed by atoms with Crippen LogP contribution >= 0.6 is 0 Å². The molecular weight excluding hydrogens is 434 g/mol. The fraction of sp³-hybridized carbons (Fsp3) is 0.423. The lowest BCUT2D eigenvalue weighted by Crippen LogP contribution is -2.49. The lowest BCUT2D eigenvalue weighted by molar-refractivity contribution is -0.0433. The molecule has 0 aliphatic carbocycles. The standard InChI is InChI=1S/C26H33N3O3S/c1-5-22-19-32-26(4,17-16-20(2)3)29(22)33(30,31)24-18-28(23-14-10-7-11-15-23)27-25(24)21-12-8-6-9-13-21/h6-15,18,20,22H,5,16-17,19H2,1-4H3. The topological polar surface area (TPSA) is 64.4 Å². The van der Waals surface area contributed by atoms with Crippen molar-refractivity contribution in [3.05, 3.63) is 66.9 Å². The summed E-state index contributed by atoms with van der Waals surface area (Å²) in [5.74, 6) is 0.455. The molecule has 1 fully saturated rings. The average Bonchev–Trinajstić information content (AvgIpc) is 3.42. The molecule has 1 aromatic heterocycles. The van der Waals surface area contributed by atoms with Gasteiger partial charge in [0, 0.05) is 5.56 Å². The monoisotopic (exact) mass is 467 g/mol. The van der Waals surface area contributed by atoms with E-state index >= 15 is 0 Å². The molecule has 2 atom stereocenters. The number of hydrogen-bond donors (Lipinski definition) is 0. The molecule has 7 heteroatoms. The van der Waals surface area contributed by atoms with Gasteiger partial charge in [0.05, 0.1) is 24.5 Å². The smallest absolute Gasteiger partial charge is 0.249 e. The number of aromatic nitrogens is 2. The predicted octanol–water partition coefficient (Wildman–Crippen LogP) is 5.49. The Morgan fingerprint density at radius 2 is 1.73 bits per heavy atom. The van der Waals surface area contributed by atoms with Crippen molar-refractivity contribution in [2.45, 2.75) is 63.6 Å². The number of para-hydroxylation sites is 1. The van der Waals surface area contributed by atoms with E-state index in [1.807, 2.05) is 74.5 Å². The van der Waals surface area contributed by atoms with Gasteiger partial charge >= 0.3 is 0 Å². The molecule has 1 aliphatic heterocycles. The van der Waals surface area contributed by atoms with Crippen LogP contribution in [0.15, 0.2) is 71.8 Å². The van der Waals surface area contributed by atoms with E-state index in [0.29, 0.717) is 31.1 Å². The molecule has 2 aromatic carbocycles. The first-order valence-electron chi connectivity index (χ1n) is 11.7. The van der Waals surface area contributed by atoms with Crippen molar-refractivity contribution in [2.75, 3.05) is 6.61 Å². The van der Waals surface area contributed by atoms with Crippen molar-refractivity contribution in [2.24, 2.45) is 5.92 Å². The first kappa shape index (κ1) is 23.7. The summed E-state index contributed by atoms with van der Waals surface area (Å²) in [6, 6.07) is 18.9. The van der Waals surface area contributed by atoms with Crippen LogP contribution in [-0.4, -0.2) is 40.9 Å². The third-order valence-corrected chi connectivity index (χ3v) is 8.38. The third kappa shape index (κ3) is 4.63. The molecule has 0 N–H and O–H groups in total. The summed E-state index contributed by atoms with van der Waals surface area (Å²) < 4.78 is 38.0. The van der Waals surface area contributed by atoms with Crippen LogP contribution in [0.2, 0.25) is 0 Å². The average molecular weight is 468 g/mol. The number of ether oxygens (including phenoxy) is 1. The zero-order valence-corrected chi connectivity index (χ0v) is 20.6. The van der Waals surface area contributed by atoms with Crippen molar-refractivity contribution in [1.29, 1.82) is 0 Å². The van der Waals surface area contributed by atoms with E-state index in [2.05, 4.69) is 13.8 Å². The quantitative estimate of drug-likeness (QED) is 0.439. The molecule has 0 saturated carbocycles. The highest BCUT2D eigenvalue weighted by Crippen LogP contribution is 2.41. The van der Waals surface area contributed by atoms with E-state index in [-0.39, 0.29) is 10.9 Å². The fourth-order valence-corrected chi connectivity index (χ4v) is 6.53. The van der Waals surface area contributed by atoms with Crippen molar-refractivity contribution in [3.63, 3.8) is 0 Å². The minimum absolute atomic E-state index is 0.206. The molecule has 2 heterocycles. The van der Waals surface area contributed by atoms with Gasteiger partial charge in [-0.15, -0.1) is 0 Å². The second kappa shape index (κ2) is 9.41. The lowest BCUT2D eigenvalue weighted by atomic mass is 10.0. The maximum absolute atomic E-state index is 14.3. The maximum Gasteiger partial charge on any atom is 0.249 e. The Morgan fingerprint density at radius 1 is 1.09 bits per heavy atom. The van der Waals surface area contributed by atoms with Crippen molar-refractivity contribution < 1.29 is 13.2 Å². The molecule has 3 aromatic rings. The molecule has 1 aliphatic rings. The zero-order chi connectivity index (χ0) is 23.6. The normalized spacial score (nSPS) is 21.7. The van der Waals surface area contributed by atoms with Crippen molar-refractivity contribution in [1.82, 2.24) is 14.1 Å².